The van der Waals surface area contributed by atoms with E-state index in [1.165, 1.54) is 0 Å². The number of benzene rings is 1. The van der Waals surface area contributed by atoms with Crippen molar-refractivity contribution in [2.24, 2.45) is 0 Å². The molecule has 0 aromatic heterocycles. The van der Waals surface area contributed by atoms with Crippen molar-refractivity contribution < 1.29 is 10.2 Å². The zero-order chi connectivity index (χ0) is 12.0. The summed E-state index contributed by atoms with van der Waals surface area (Å²) in [7, 11) is 0. The van der Waals surface area contributed by atoms with Gasteiger partial charge in [-0.3, -0.25) is 0 Å². The fourth-order valence-electron chi connectivity index (χ4n) is 1.66. The Labute approximate surface area is 97.1 Å². The monoisotopic (exact) mass is 223 g/mol. The van der Waals surface area contributed by atoms with E-state index in [1.54, 1.807) is 6.07 Å². The molecule has 0 fully saturated rings. The maximum Gasteiger partial charge on any atom is 0.120 e. The van der Waals surface area contributed by atoms with Crippen LogP contribution in [0, 0.1) is 6.92 Å². The summed E-state index contributed by atoms with van der Waals surface area (Å²) in [6, 6.07) is 5.54. The van der Waals surface area contributed by atoms with Crippen molar-refractivity contribution in [3.8, 4) is 5.75 Å². The van der Waals surface area contributed by atoms with E-state index >= 15 is 0 Å². The lowest BCUT2D eigenvalue weighted by molar-refractivity contribution is 0.160. The zero-order valence-corrected chi connectivity index (χ0v) is 10.0. The molecule has 3 nitrogen and oxygen atoms in total. The SMILES string of the molecule is CCCC(O)CNCc1cc(C)ccc1O. The molecule has 16 heavy (non-hydrogen) atoms. The van der Waals surface area contributed by atoms with E-state index in [2.05, 4.69) is 12.2 Å². The summed E-state index contributed by atoms with van der Waals surface area (Å²) in [4.78, 5) is 0. The number of nitrogens with one attached hydrogen (secondary N) is 1. The molecule has 0 saturated heterocycles. The second-order valence-corrected chi connectivity index (χ2v) is 4.21. The smallest absolute Gasteiger partial charge is 0.120 e. The Morgan fingerprint density at radius 1 is 1.38 bits per heavy atom. The van der Waals surface area contributed by atoms with E-state index in [0.717, 1.165) is 24.0 Å². The van der Waals surface area contributed by atoms with Crippen LogP contribution in [0.4, 0.5) is 0 Å². The van der Waals surface area contributed by atoms with Gasteiger partial charge in [0.1, 0.15) is 5.75 Å². The van der Waals surface area contributed by atoms with Gasteiger partial charge in [-0.2, -0.15) is 0 Å². The van der Waals surface area contributed by atoms with E-state index < -0.39 is 0 Å². The van der Waals surface area contributed by atoms with Crippen molar-refractivity contribution in [3.63, 3.8) is 0 Å². The molecular weight excluding hydrogens is 202 g/mol. The molecule has 0 aliphatic heterocycles. The van der Waals surface area contributed by atoms with Gasteiger partial charge >= 0.3 is 0 Å². The number of aryl methyl sites for hydroxylation is 1. The van der Waals surface area contributed by atoms with E-state index in [0.29, 0.717) is 18.8 Å². The summed E-state index contributed by atoms with van der Waals surface area (Å²) in [6.07, 6.45) is 1.50. The van der Waals surface area contributed by atoms with Gasteiger partial charge in [0, 0.05) is 18.7 Å². The molecule has 0 amide bonds. The van der Waals surface area contributed by atoms with E-state index in [-0.39, 0.29) is 6.10 Å². The van der Waals surface area contributed by atoms with Gasteiger partial charge in [0.15, 0.2) is 0 Å². The molecule has 1 aromatic rings. The van der Waals surface area contributed by atoms with Gasteiger partial charge in [-0.05, 0) is 19.4 Å². The number of phenols is 1. The molecule has 0 saturated carbocycles. The maximum absolute atomic E-state index is 9.60. The van der Waals surface area contributed by atoms with Gasteiger partial charge in [-0.25, -0.2) is 0 Å². The fourth-order valence-corrected chi connectivity index (χ4v) is 1.66. The number of aliphatic hydroxyl groups is 1. The first kappa shape index (κ1) is 13.0. The molecule has 0 bridgehead atoms. The number of hydrogen-bond acceptors (Lipinski definition) is 3. The van der Waals surface area contributed by atoms with Crippen molar-refractivity contribution in [1.82, 2.24) is 5.32 Å². The van der Waals surface area contributed by atoms with E-state index in [1.807, 2.05) is 19.1 Å². The van der Waals surface area contributed by atoms with Crippen molar-refractivity contribution in [2.75, 3.05) is 6.54 Å². The van der Waals surface area contributed by atoms with Crippen molar-refractivity contribution >= 4 is 0 Å². The van der Waals surface area contributed by atoms with Crippen molar-refractivity contribution in [3.05, 3.63) is 29.3 Å². The van der Waals surface area contributed by atoms with Gasteiger partial charge in [-0.1, -0.05) is 31.0 Å². The van der Waals surface area contributed by atoms with Crippen LogP contribution in [0.15, 0.2) is 18.2 Å². The molecule has 0 aliphatic rings. The third-order valence-corrected chi connectivity index (χ3v) is 2.55. The van der Waals surface area contributed by atoms with Crippen LogP contribution in [0.3, 0.4) is 0 Å². The fraction of sp³-hybridized carbons (Fsp3) is 0.538. The van der Waals surface area contributed by atoms with Crippen LogP contribution in [-0.2, 0) is 6.54 Å². The predicted molar refractivity (Wildman–Crippen MR) is 65.5 cm³/mol. The highest BCUT2D eigenvalue weighted by molar-refractivity contribution is 5.35. The van der Waals surface area contributed by atoms with Gasteiger partial charge < -0.3 is 15.5 Å². The lowest BCUT2D eigenvalue weighted by Gasteiger charge is -2.11. The first-order valence-corrected chi connectivity index (χ1v) is 5.80. The Bertz CT molecular complexity index is 326. The highest BCUT2D eigenvalue weighted by Crippen LogP contribution is 2.17. The molecule has 0 radical (unpaired) electrons. The van der Waals surface area contributed by atoms with E-state index in [9.17, 15) is 10.2 Å². The molecule has 1 atom stereocenters. The lowest BCUT2D eigenvalue weighted by atomic mass is 10.1. The van der Waals surface area contributed by atoms with Crippen molar-refractivity contribution in [2.45, 2.75) is 39.3 Å². The summed E-state index contributed by atoms with van der Waals surface area (Å²) in [5.41, 5.74) is 2.01. The molecule has 0 heterocycles. The van der Waals surface area contributed by atoms with E-state index in [4.69, 9.17) is 0 Å². The number of hydrogen-bond donors (Lipinski definition) is 3. The van der Waals surface area contributed by atoms with Gasteiger partial charge in [0.05, 0.1) is 6.10 Å². The van der Waals surface area contributed by atoms with Crippen LogP contribution < -0.4 is 5.32 Å². The van der Waals surface area contributed by atoms with Gasteiger partial charge in [0.25, 0.3) is 0 Å². The summed E-state index contributed by atoms with van der Waals surface area (Å²) < 4.78 is 0. The Morgan fingerprint density at radius 3 is 2.81 bits per heavy atom. The summed E-state index contributed by atoms with van der Waals surface area (Å²) in [6.45, 7) is 5.21. The minimum Gasteiger partial charge on any atom is -0.508 e. The molecular formula is C13H21NO2. The minimum atomic E-state index is -0.294. The van der Waals surface area contributed by atoms with Gasteiger partial charge in [-0.15, -0.1) is 0 Å². The first-order valence-electron chi connectivity index (χ1n) is 5.80. The normalized spacial score (nSPS) is 12.7. The molecule has 0 aliphatic carbocycles. The number of phenolic OH excluding ortho intramolecular Hbond substituents is 1. The summed E-state index contributed by atoms with van der Waals surface area (Å²) in [5, 5.41) is 22.3. The summed E-state index contributed by atoms with van der Waals surface area (Å²) >= 11 is 0. The number of aliphatic hydroxyl groups excluding tert-OH is 1. The average Bonchev–Trinajstić information content (AvgIpc) is 2.23. The van der Waals surface area contributed by atoms with Crippen LogP contribution in [-0.4, -0.2) is 22.9 Å². The second-order valence-electron chi connectivity index (χ2n) is 4.21. The molecule has 3 heteroatoms. The van der Waals surface area contributed by atoms with Crippen LogP contribution >= 0.6 is 0 Å². The topological polar surface area (TPSA) is 52.5 Å². The third-order valence-electron chi connectivity index (χ3n) is 2.55. The first-order chi connectivity index (χ1) is 7.63. The Balaban J connectivity index is 2.39. The minimum absolute atomic E-state index is 0.294. The summed E-state index contributed by atoms with van der Waals surface area (Å²) in [5.74, 6) is 0.308. The van der Waals surface area contributed by atoms with Crippen LogP contribution in [0.25, 0.3) is 0 Å². The third kappa shape index (κ3) is 4.21. The average molecular weight is 223 g/mol. The Kier molecular flexibility index (Phi) is 5.29. The standard InChI is InChI=1S/C13H21NO2/c1-3-4-12(15)9-14-8-11-7-10(2)5-6-13(11)16/h5-7,12,14-16H,3-4,8-9H2,1-2H3. The quantitative estimate of drug-likeness (QED) is 0.691. The largest absolute Gasteiger partial charge is 0.508 e. The molecule has 3 N–H and O–H groups in total. The zero-order valence-electron chi connectivity index (χ0n) is 10.0. The molecule has 1 aromatic carbocycles. The van der Waals surface area contributed by atoms with Crippen LogP contribution in [0.2, 0.25) is 0 Å². The number of rotatable bonds is 6. The lowest BCUT2D eigenvalue weighted by Crippen LogP contribution is -2.26. The highest BCUT2D eigenvalue weighted by Gasteiger charge is 2.04. The molecule has 1 unspecified atom stereocenters. The van der Waals surface area contributed by atoms with Crippen LogP contribution in [0.1, 0.15) is 30.9 Å². The second kappa shape index (κ2) is 6.51. The molecule has 1 rings (SSSR count). The Hall–Kier alpha value is -1.06. The predicted octanol–water partition coefficient (Wildman–Crippen LogP) is 1.95. The van der Waals surface area contributed by atoms with Crippen LogP contribution in [0.5, 0.6) is 5.75 Å². The molecule has 0 spiro atoms. The van der Waals surface area contributed by atoms with Gasteiger partial charge in [0.2, 0.25) is 0 Å². The highest BCUT2D eigenvalue weighted by atomic mass is 16.3. The Morgan fingerprint density at radius 2 is 2.12 bits per heavy atom. The molecule has 90 valence electrons. The number of aromatic hydroxyl groups is 1. The maximum atomic E-state index is 9.60. The van der Waals surface area contributed by atoms with Crippen molar-refractivity contribution in [1.29, 1.82) is 0 Å².